The van der Waals surface area contributed by atoms with E-state index < -0.39 is 0 Å². The van der Waals surface area contributed by atoms with Crippen molar-refractivity contribution in [2.45, 2.75) is 110 Å². The van der Waals surface area contributed by atoms with Gasteiger partial charge in [-0.15, -0.1) is 0 Å². The summed E-state index contributed by atoms with van der Waals surface area (Å²) in [5.41, 5.74) is 1.52. The number of hydrogen-bond donors (Lipinski definition) is 0. The van der Waals surface area contributed by atoms with E-state index >= 15 is 0 Å². The molecule has 0 N–H and O–H groups in total. The van der Waals surface area contributed by atoms with E-state index in [9.17, 15) is 0 Å². The quantitative estimate of drug-likeness (QED) is 0.252. The Morgan fingerprint density at radius 3 is 1.83 bits per heavy atom. The summed E-state index contributed by atoms with van der Waals surface area (Å²) in [5, 5.41) is 0. The molecule has 1 heteroatoms. The van der Waals surface area contributed by atoms with Crippen LogP contribution in [0.5, 0.6) is 0 Å². The van der Waals surface area contributed by atoms with Crippen LogP contribution in [-0.4, -0.2) is 0 Å². The van der Waals surface area contributed by atoms with Crippen LogP contribution >= 0.6 is 0 Å². The zero-order valence-corrected chi connectivity index (χ0v) is 15.9. The molecule has 1 aromatic rings. The van der Waals surface area contributed by atoms with Gasteiger partial charge in [-0.1, -0.05) is 90.5 Å². The minimum atomic E-state index is 1.19. The molecule has 0 aliphatic rings. The minimum Gasteiger partial charge on any atom is -0.202 e. The van der Waals surface area contributed by atoms with E-state index in [0.29, 0.717) is 0 Å². The Morgan fingerprint density at radius 1 is 0.652 bits per heavy atom. The van der Waals surface area contributed by atoms with Gasteiger partial charge in [-0.2, -0.15) is 0 Å². The number of unbranched alkanes of at least 4 members (excludes halogenated alkanes) is 11. The topological polar surface area (TPSA) is 3.88 Å². The monoisotopic (exact) mass is 318 g/mol. The summed E-state index contributed by atoms with van der Waals surface area (Å²) >= 11 is 0. The maximum atomic E-state index is 2.46. The predicted molar refractivity (Wildman–Crippen MR) is 102 cm³/mol. The fourth-order valence-electron chi connectivity index (χ4n) is 3.26. The van der Waals surface area contributed by atoms with E-state index in [4.69, 9.17) is 0 Å². The Morgan fingerprint density at radius 2 is 1.22 bits per heavy atom. The van der Waals surface area contributed by atoms with E-state index in [1.165, 1.54) is 102 Å². The molecule has 0 atom stereocenters. The second kappa shape index (κ2) is 14.7. The lowest BCUT2D eigenvalue weighted by Gasteiger charge is -2.04. The zero-order valence-electron chi connectivity index (χ0n) is 15.9. The third-order valence-corrected chi connectivity index (χ3v) is 4.82. The maximum absolute atomic E-state index is 2.46. The van der Waals surface area contributed by atoms with Crippen LogP contribution < -0.4 is 4.57 Å². The summed E-state index contributed by atoms with van der Waals surface area (Å²) in [6.45, 7) is 5.75. The van der Waals surface area contributed by atoms with Gasteiger partial charge in [0.1, 0.15) is 6.54 Å². The number of rotatable bonds is 15. The highest BCUT2D eigenvalue weighted by Crippen LogP contribution is 2.12. The molecule has 0 unspecified atom stereocenters. The molecule has 0 bridgehead atoms. The molecule has 0 aromatic carbocycles. The Bertz CT molecular complexity index is 372. The molecule has 0 aliphatic carbocycles. The van der Waals surface area contributed by atoms with Gasteiger partial charge in [0.05, 0.1) is 0 Å². The molecule has 1 nitrogen and oxygen atoms in total. The van der Waals surface area contributed by atoms with Crippen LogP contribution in [0.25, 0.3) is 0 Å². The molecule has 132 valence electrons. The van der Waals surface area contributed by atoms with Crippen molar-refractivity contribution >= 4 is 0 Å². The summed E-state index contributed by atoms with van der Waals surface area (Å²) in [7, 11) is 0. The summed E-state index contributed by atoms with van der Waals surface area (Å²) in [5.74, 6) is 0. The lowest BCUT2D eigenvalue weighted by atomic mass is 10.0. The highest BCUT2D eigenvalue weighted by Gasteiger charge is 2.08. The van der Waals surface area contributed by atoms with Crippen LogP contribution in [0, 0.1) is 0 Å². The molecule has 0 saturated heterocycles. The minimum absolute atomic E-state index is 1.19. The highest BCUT2D eigenvalue weighted by atomic mass is 14.9. The lowest BCUT2D eigenvalue weighted by molar-refractivity contribution is -0.704. The fourth-order valence-corrected chi connectivity index (χ4v) is 3.26. The molecule has 1 aromatic heterocycles. The molecular formula is C22H40N+. The molecule has 0 amide bonds. The van der Waals surface area contributed by atoms with E-state index in [1.54, 1.807) is 0 Å². The van der Waals surface area contributed by atoms with Gasteiger partial charge in [-0.05, 0) is 6.42 Å². The average molecular weight is 319 g/mol. The van der Waals surface area contributed by atoms with Crippen LogP contribution in [0.1, 0.15) is 103 Å². The summed E-state index contributed by atoms with van der Waals surface area (Å²) < 4.78 is 2.46. The molecule has 0 spiro atoms. The second-order valence-electron chi connectivity index (χ2n) is 7.02. The van der Waals surface area contributed by atoms with Crippen LogP contribution in [-0.2, 0) is 13.0 Å². The molecule has 23 heavy (non-hydrogen) atoms. The van der Waals surface area contributed by atoms with Crippen molar-refractivity contribution in [1.29, 1.82) is 0 Å². The lowest BCUT2D eigenvalue weighted by Crippen LogP contribution is -2.37. The van der Waals surface area contributed by atoms with E-state index in [1.807, 2.05) is 0 Å². The van der Waals surface area contributed by atoms with Crippen molar-refractivity contribution in [3.8, 4) is 0 Å². The molecule has 0 saturated carbocycles. The van der Waals surface area contributed by atoms with Crippen molar-refractivity contribution in [1.82, 2.24) is 0 Å². The zero-order chi connectivity index (χ0) is 16.6. The Hall–Kier alpha value is -0.850. The number of hydrogen-bond acceptors (Lipinski definition) is 0. The largest absolute Gasteiger partial charge is 0.202 e. The first-order valence-corrected chi connectivity index (χ1v) is 10.4. The summed E-state index contributed by atoms with van der Waals surface area (Å²) in [6.07, 6.45) is 21.8. The predicted octanol–water partition coefficient (Wildman–Crippen LogP) is 6.63. The van der Waals surface area contributed by atoms with Gasteiger partial charge < -0.3 is 0 Å². The van der Waals surface area contributed by atoms with E-state index in [-0.39, 0.29) is 0 Å². The van der Waals surface area contributed by atoms with Crippen molar-refractivity contribution in [3.63, 3.8) is 0 Å². The van der Waals surface area contributed by atoms with Crippen LogP contribution in [0.3, 0.4) is 0 Å². The third kappa shape index (κ3) is 10.5. The second-order valence-corrected chi connectivity index (χ2v) is 7.02. The number of aryl methyl sites for hydroxylation is 2. The Balaban J connectivity index is 2.00. The van der Waals surface area contributed by atoms with Gasteiger partial charge in [0, 0.05) is 25.0 Å². The first-order chi connectivity index (χ1) is 11.4. The molecular weight excluding hydrogens is 278 g/mol. The van der Waals surface area contributed by atoms with Crippen LogP contribution in [0.4, 0.5) is 0 Å². The molecule has 0 fully saturated rings. The number of aromatic nitrogens is 1. The Labute approximate surface area is 145 Å². The molecule has 1 rings (SSSR count). The molecule has 0 aliphatic heterocycles. The summed E-state index contributed by atoms with van der Waals surface area (Å²) in [6, 6.07) is 6.67. The Kier molecular flexibility index (Phi) is 12.9. The van der Waals surface area contributed by atoms with Crippen molar-refractivity contribution in [2.24, 2.45) is 0 Å². The van der Waals surface area contributed by atoms with E-state index in [0.717, 1.165) is 0 Å². The first-order valence-electron chi connectivity index (χ1n) is 10.4. The number of pyridine rings is 1. The smallest absolute Gasteiger partial charge is 0.181 e. The van der Waals surface area contributed by atoms with Gasteiger partial charge >= 0.3 is 0 Å². The van der Waals surface area contributed by atoms with Crippen molar-refractivity contribution in [2.75, 3.05) is 0 Å². The average Bonchev–Trinajstić information content (AvgIpc) is 2.58. The normalized spacial score (nSPS) is 11.0. The van der Waals surface area contributed by atoms with Gasteiger partial charge in [-0.3, -0.25) is 0 Å². The maximum Gasteiger partial charge on any atom is 0.181 e. The summed E-state index contributed by atoms with van der Waals surface area (Å²) in [4.78, 5) is 0. The van der Waals surface area contributed by atoms with Gasteiger partial charge in [-0.25, -0.2) is 4.57 Å². The standard InChI is InChI=1S/C22H40N/c1-3-5-7-8-9-10-11-12-13-14-15-18-22-19-16-17-21-23(22)20-6-4-2/h16-17,19,21H,3-15,18,20H2,1-2H3/q+1. The van der Waals surface area contributed by atoms with Gasteiger partial charge in [0.15, 0.2) is 11.9 Å². The van der Waals surface area contributed by atoms with Crippen LogP contribution in [0.2, 0.25) is 0 Å². The first kappa shape index (κ1) is 20.2. The molecule has 1 heterocycles. The van der Waals surface area contributed by atoms with Crippen molar-refractivity contribution in [3.05, 3.63) is 30.1 Å². The van der Waals surface area contributed by atoms with Crippen LogP contribution in [0.15, 0.2) is 24.4 Å². The number of nitrogens with zero attached hydrogens (tertiary/aromatic N) is 1. The highest BCUT2D eigenvalue weighted by molar-refractivity contribution is 4.97. The SMILES string of the molecule is CCCCCCCCCCCCCc1cccc[n+]1CCCC. The third-order valence-electron chi connectivity index (χ3n) is 4.82. The molecule has 0 radical (unpaired) electrons. The van der Waals surface area contributed by atoms with Gasteiger partial charge in [0.2, 0.25) is 0 Å². The van der Waals surface area contributed by atoms with Crippen molar-refractivity contribution < 1.29 is 4.57 Å². The fraction of sp³-hybridized carbons (Fsp3) is 0.773. The van der Waals surface area contributed by atoms with Gasteiger partial charge in [0.25, 0.3) is 0 Å². The van der Waals surface area contributed by atoms with E-state index in [2.05, 4.69) is 42.8 Å².